The normalized spacial score (nSPS) is 10.6. The molecule has 0 bridgehead atoms. The summed E-state index contributed by atoms with van der Waals surface area (Å²) >= 11 is 0. The number of pyridine rings is 1. The summed E-state index contributed by atoms with van der Waals surface area (Å²) in [6.45, 7) is 0. The zero-order valence-corrected chi connectivity index (χ0v) is 8.75. The average Bonchev–Trinajstić information content (AvgIpc) is 2.27. The van der Waals surface area contributed by atoms with Gasteiger partial charge in [0.2, 0.25) is 5.43 Å². The van der Waals surface area contributed by atoms with Crippen molar-refractivity contribution in [2.24, 2.45) is 7.05 Å². The molecule has 2 aromatic rings. The van der Waals surface area contributed by atoms with Crippen LogP contribution in [0.1, 0.15) is 10.4 Å². The van der Waals surface area contributed by atoms with Gasteiger partial charge < -0.3 is 19.2 Å². The van der Waals surface area contributed by atoms with E-state index < -0.39 is 28.3 Å². The molecule has 17 heavy (non-hydrogen) atoms. The Morgan fingerprint density at radius 2 is 1.94 bits per heavy atom. The summed E-state index contributed by atoms with van der Waals surface area (Å²) in [5.74, 6) is -2.31. The number of rotatable bonds is 1. The van der Waals surface area contributed by atoms with Gasteiger partial charge in [-0.05, 0) is 0 Å². The number of carboxylic acids is 1. The summed E-state index contributed by atoms with van der Waals surface area (Å²) in [6.07, 6.45) is 3.77. The molecule has 0 radical (unpaired) electrons. The first-order chi connectivity index (χ1) is 7.93. The van der Waals surface area contributed by atoms with Crippen LogP contribution in [0, 0.1) is 0 Å². The van der Waals surface area contributed by atoms with Gasteiger partial charge in [-0.3, -0.25) is 9.59 Å². The van der Waals surface area contributed by atoms with E-state index in [-0.39, 0.29) is 5.52 Å². The van der Waals surface area contributed by atoms with Crippen LogP contribution in [0.5, 0.6) is 5.75 Å². The fourth-order valence-electron chi connectivity index (χ4n) is 1.51. The van der Waals surface area contributed by atoms with Gasteiger partial charge in [-0.2, -0.15) is 0 Å². The number of nitrogens with zero attached hydrogens (tertiary/aromatic N) is 2. The lowest BCUT2D eigenvalue weighted by molar-refractivity contribution is 0.0694. The van der Waals surface area contributed by atoms with E-state index in [1.807, 2.05) is 0 Å². The number of carbonyl (C=O) groups is 1. The molecule has 0 aliphatic carbocycles. The minimum Gasteiger partial charge on any atom is -0.503 e. The van der Waals surface area contributed by atoms with Crippen molar-refractivity contribution >= 4 is 11.5 Å². The SMILES string of the molecule is Cn1ccn2cc(C(=O)O)c(=O)c(O)c2c1=O. The molecule has 2 N–H and O–H groups in total. The summed E-state index contributed by atoms with van der Waals surface area (Å²) in [5.41, 5.74) is -2.49. The highest BCUT2D eigenvalue weighted by Crippen LogP contribution is 2.10. The van der Waals surface area contributed by atoms with Gasteiger partial charge in [0.15, 0.2) is 11.3 Å². The lowest BCUT2D eigenvalue weighted by Crippen LogP contribution is -2.24. The quantitative estimate of drug-likeness (QED) is 0.688. The van der Waals surface area contributed by atoms with E-state index in [0.717, 1.165) is 10.6 Å². The Balaban J connectivity index is 3.07. The highest BCUT2D eigenvalue weighted by molar-refractivity contribution is 5.88. The Morgan fingerprint density at radius 3 is 2.53 bits per heavy atom. The molecule has 0 saturated carbocycles. The second-order valence-electron chi connectivity index (χ2n) is 3.50. The fourth-order valence-corrected chi connectivity index (χ4v) is 1.51. The van der Waals surface area contributed by atoms with Gasteiger partial charge in [0, 0.05) is 25.6 Å². The Labute approximate surface area is 93.8 Å². The van der Waals surface area contributed by atoms with Crippen molar-refractivity contribution in [1.29, 1.82) is 0 Å². The molecule has 0 amide bonds. The zero-order valence-electron chi connectivity index (χ0n) is 8.75. The molecule has 7 heteroatoms. The number of carboxylic acid groups (broad SMARTS) is 1. The second-order valence-corrected chi connectivity index (χ2v) is 3.50. The molecule has 2 aromatic heterocycles. The van der Waals surface area contributed by atoms with Crippen molar-refractivity contribution in [3.8, 4) is 5.75 Å². The van der Waals surface area contributed by atoms with E-state index in [9.17, 15) is 19.5 Å². The van der Waals surface area contributed by atoms with Gasteiger partial charge >= 0.3 is 5.97 Å². The number of aromatic carboxylic acids is 1. The van der Waals surface area contributed by atoms with E-state index in [1.165, 1.54) is 24.0 Å². The van der Waals surface area contributed by atoms with Crippen LogP contribution >= 0.6 is 0 Å². The number of aromatic nitrogens is 2. The third-order valence-corrected chi connectivity index (χ3v) is 2.41. The summed E-state index contributed by atoms with van der Waals surface area (Å²) in [7, 11) is 1.46. The molecule has 0 aromatic carbocycles. The molecular weight excluding hydrogens is 228 g/mol. The van der Waals surface area contributed by atoms with E-state index in [4.69, 9.17) is 5.11 Å². The van der Waals surface area contributed by atoms with Crippen LogP contribution < -0.4 is 11.0 Å². The Bertz CT molecular complexity index is 741. The molecular formula is C10H8N2O5. The Kier molecular flexibility index (Phi) is 2.24. The van der Waals surface area contributed by atoms with Crippen LogP contribution in [0.4, 0.5) is 0 Å². The highest BCUT2D eigenvalue weighted by Gasteiger charge is 2.17. The summed E-state index contributed by atoms with van der Waals surface area (Å²) < 4.78 is 2.29. The number of fused-ring (bicyclic) bond motifs is 1. The van der Waals surface area contributed by atoms with Gasteiger partial charge in [-0.25, -0.2) is 4.79 Å². The molecule has 0 aliphatic rings. The maximum atomic E-state index is 11.7. The van der Waals surface area contributed by atoms with Crippen LogP contribution in [0.2, 0.25) is 0 Å². The molecule has 7 nitrogen and oxygen atoms in total. The van der Waals surface area contributed by atoms with Gasteiger partial charge in [0.05, 0.1) is 0 Å². The molecule has 0 atom stereocenters. The number of hydrogen-bond acceptors (Lipinski definition) is 4. The zero-order chi connectivity index (χ0) is 12.7. The third kappa shape index (κ3) is 1.48. The molecule has 0 fully saturated rings. The smallest absolute Gasteiger partial charge is 0.341 e. The second kappa shape index (κ2) is 3.48. The van der Waals surface area contributed by atoms with Gasteiger partial charge in [0.25, 0.3) is 5.56 Å². The minimum absolute atomic E-state index is 0.245. The first kappa shape index (κ1) is 10.9. The van der Waals surface area contributed by atoms with E-state index in [1.54, 1.807) is 0 Å². The Hall–Kier alpha value is -2.57. The van der Waals surface area contributed by atoms with Crippen LogP contribution in [0.25, 0.3) is 5.52 Å². The van der Waals surface area contributed by atoms with E-state index in [2.05, 4.69) is 0 Å². The maximum absolute atomic E-state index is 11.7. The Morgan fingerprint density at radius 1 is 1.29 bits per heavy atom. The van der Waals surface area contributed by atoms with Crippen LogP contribution in [-0.2, 0) is 7.05 Å². The van der Waals surface area contributed by atoms with Gasteiger partial charge in [-0.15, -0.1) is 0 Å². The molecule has 2 rings (SSSR count). The minimum atomic E-state index is -1.46. The topological polar surface area (TPSA) is 101 Å². The number of aryl methyl sites for hydroxylation is 1. The summed E-state index contributed by atoms with van der Waals surface area (Å²) in [5, 5.41) is 18.3. The first-order valence-electron chi connectivity index (χ1n) is 4.60. The number of aromatic hydroxyl groups is 1. The maximum Gasteiger partial charge on any atom is 0.341 e. The van der Waals surface area contributed by atoms with Gasteiger partial charge in [0.1, 0.15) is 5.56 Å². The lowest BCUT2D eigenvalue weighted by atomic mass is 10.2. The third-order valence-electron chi connectivity index (χ3n) is 2.41. The van der Waals surface area contributed by atoms with Crippen molar-refractivity contribution in [2.75, 3.05) is 0 Å². The predicted octanol–water partition coefficient (Wildman–Crippen LogP) is -0.598. The van der Waals surface area contributed by atoms with Crippen molar-refractivity contribution < 1.29 is 15.0 Å². The van der Waals surface area contributed by atoms with Gasteiger partial charge in [-0.1, -0.05) is 0 Å². The number of hydrogen-bond donors (Lipinski definition) is 2. The van der Waals surface area contributed by atoms with Crippen LogP contribution in [0.3, 0.4) is 0 Å². The fraction of sp³-hybridized carbons (Fsp3) is 0.100. The average molecular weight is 236 g/mol. The molecule has 0 aliphatic heterocycles. The van der Waals surface area contributed by atoms with Crippen LogP contribution in [-0.4, -0.2) is 25.2 Å². The van der Waals surface area contributed by atoms with Crippen molar-refractivity contribution in [1.82, 2.24) is 8.97 Å². The van der Waals surface area contributed by atoms with Crippen molar-refractivity contribution in [3.63, 3.8) is 0 Å². The van der Waals surface area contributed by atoms with E-state index in [0.29, 0.717) is 0 Å². The van der Waals surface area contributed by atoms with Crippen LogP contribution in [0.15, 0.2) is 28.2 Å². The standard InChI is InChI=1S/C10H8N2O5/c1-11-2-3-12-4-5(10(16)17)7(13)8(14)6(12)9(11)15/h2-4,14H,1H3,(H,16,17). The van der Waals surface area contributed by atoms with Crippen molar-refractivity contribution in [3.05, 3.63) is 44.7 Å². The molecule has 88 valence electrons. The first-order valence-corrected chi connectivity index (χ1v) is 4.60. The van der Waals surface area contributed by atoms with E-state index >= 15 is 0 Å². The molecule has 0 saturated heterocycles. The largest absolute Gasteiger partial charge is 0.503 e. The highest BCUT2D eigenvalue weighted by atomic mass is 16.4. The lowest BCUT2D eigenvalue weighted by Gasteiger charge is -2.06. The molecule has 0 unspecified atom stereocenters. The monoisotopic (exact) mass is 236 g/mol. The summed E-state index contributed by atoms with van der Waals surface area (Å²) in [6, 6.07) is 0. The van der Waals surface area contributed by atoms with Crippen molar-refractivity contribution in [2.45, 2.75) is 0 Å². The summed E-state index contributed by atoms with van der Waals surface area (Å²) in [4.78, 5) is 33.9. The molecule has 0 spiro atoms. The molecule has 2 heterocycles. The predicted molar refractivity (Wildman–Crippen MR) is 57.5 cm³/mol.